The maximum atomic E-state index is 6.96. The van der Waals surface area contributed by atoms with Crippen LogP contribution in [-0.4, -0.2) is 31.3 Å². The third-order valence-corrected chi connectivity index (χ3v) is 11.1. The summed E-state index contributed by atoms with van der Waals surface area (Å²) in [5.74, 6) is 1.56. The van der Waals surface area contributed by atoms with Crippen LogP contribution in [0, 0.1) is 0 Å². The highest BCUT2D eigenvalue weighted by Crippen LogP contribution is 2.49. The lowest BCUT2D eigenvalue weighted by atomic mass is 9.86. The summed E-state index contributed by atoms with van der Waals surface area (Å²) in [7, 11) is -1.24. The van der Waals surface area contributed by atoms with Crippen molar-refractivity contribution in [3.8, 4) is 11.5 Å². The van der Waals surface area contributed by atoms with E-state index in [0.717, 1.165) is 57.5 Å². The van der Waals surface area contributed by atoms with Crippen LogP contribution >= 0.6 is 31.3 Å². The van der Waals surface area contributed by atoms with Crippen molar-refractivity contribution >= 4 is 41.9 Å². The number of ether oxygens (including phenoxy) is 4. The van der Waals surface area contributed by atoms with Crippen molar-refractivity contribution in [2.75, 3.05) is 26.7 Å². The standard InChI is InChI=1S/C40H50Cl2NO4P/c1-9-43(10-2)48(35-23-31(41)21-33(39(3,4)5)37(35)46-27-44-25-29-17-13-11-14-18-29)36-24-32(42)22-34(40(6,7)8)38(36)47-28-45-26-30-19-15-12-16-20-30/h11-24H,9-10,25-28H2,1-8H3. The summed E-state index contributed by atoms with van der Waals surface area (Å²) in [6, 6.07) is 28.3. The van der Waals surface area contributed by atoms with Crippen molar-refractivity contribution in [3.05, 3.63) is 117 Å². The molecule has 4 rings (SSSR count). The molecule has 258 valence electrons. The first kappa shape index (κ1) is 38.2. The second kappa shape index (κ2) is 17.3. The summed E-state index contributed by atoms with van der Waals surface area (Å²) in [6.45, 7) is 20.1. The smallest absolute Gasteiger partial charge is 0.189 e. The molecule has 4 aromatic rings. The van der Waals surface area contributed by atoms with Crippen LogP contribution in [0.25, 0.3) is 0 Å². The fourth-order valence-electron chi connectivity index (χ4n) is 5.50. The lowest BCUT2D eigenvalue weighted by Crippen LogP contribution is -2.33. The third kappa shape index (κ3) is 10.2. The highest BCUT2D eigenvalue weighted by molar-refractivity contribution is 7.71. The van der Waals surface area contributed by atoms with Crippen molar-refractivity contribution in [1.29, 1.82) is 0 Å². The van der Waals surface area contributed by atoms with Gasteiger partial charge in [0, 0.05) is 39.9 Å². The molecule has 0 radical (unpaired) electrons. The monoisotopic (exact) mass is 709 g/mol. The Morgan fingerprint density at radius 2 is 0.958 bits per heavy atom. The average molecular weight is 711 g/mol. The molecular formula is C40H50Cl2NO4P. The van der Waals surface area contributed by atoms with Crippen molar-refractivity contribution in [2.24, 2.45) is 0 Å². The van der Waals surface area contributed by atoms with Crippen LogP contribution in [0.3, 0.4) is 0 Å². The average Bonchev–Trinajstić information content (AvgIpc) is 3.04. The van der Waals surface area contributed by atoms with Gasteiger partial charge in [0.2, 0.25) is 0 Å². The molecule has 0 aromatic heterocycles. The molecule has 0 fully saturated rings. The number of hydrogen-bond acceptors (Lipinski definition) is 5. The Morgan fingerprint density at radius 3 is 1.29 bits per heavy atom. The van der Waals surface area contributed by atoms with Crippen molar-refractivity contribution in [3.63, 3.8) is 0 Å². The molecule has 48 heavy (non-hydrogen) atoms. The zero-order chi connectivity index (χ0) is 34.9. The van der Waals surface area contributed by atoms with Crippen LogP contribution in [0.1, 0.15) is 77.6 Å². The van der Waals surface area contributed by atoms with Gasteiger partial charge in [-0.3, -0.25) is 4.67 Å². The first-order valence-corrected chi connectivity index (χ1v) is 18.6. The Hall–Kier alpha value is -2.63. The predicted molar refractivity (Wildman–Crippen MR) is 203 cm³/mol. The first-order valence-electron chi connectivity index (χ1n) is 16.6. The van der Waals surface area contributed by atoms with Gasteiger partial charge in [0.25, 0.3) is 0 Å². The number of halogens is 2. The summed E-state index contributed by atoms with van der Waals surface area (Å²) in [4.78, 5) is 0. The molecule has 8 heteroatoms. The van der Waals surface area contributed by atoms with E-state index in [0.29, 0.717) is 23.3 Å². The van der Waals surface area contributed by atoms with Gasteiger partial charge >= 0.3 is 0 Å². The Kier molecular flexibility index (Phi) is 13.8. The van der Waals surface area contributed by atoms with E-state index in [-0.39, 0.29) is 24.4 Å². The van der Waals surface area contributed by atoms with Gasteiger partial charge in [-0.05, 0) is 59.3 Å². The van der Waals surface area contributed by atoms with E-state index in [2.05, 4.69) is 60.1 Å². The van der Waals surface area contributed by atoms with Gasteiger partial charge in [0.15, 0.2) is 13.6 Å². The van der Waals surface area contributed by atoms with Gasteiger partial charge in [-0.25, -0.2) is 0 Å². The summed E-state index contributed by atoms with van der Waals surface area (Å²) in [5.41, 5.74) is 3.69. The molecule has 0 aliphatic carbocycles. The van der Waals surface area contributed by atoms with E-state index in [9.17, 15) is 0 Å². The molecule has 4 aromatic carbocycles. The number of nitrogens with zero attached hydrogens (tertiary/aromatic N) is 1. The van der Waals surface area contributed by atoms with Crippen LogP contribution in [0.2, 0.25) is 10.0 Å². The Labute approximate surface area is 299 Å². The second-order valence-corrected chi connectivity index (χ2v) is 16.8. The van der Waals surface area contributed by atoms with Crippen molar-refractivity contribution in [1.82, 2.24) is 4.67 Å². The second-order valence-electron chi connectivity index (χ2n) is 13.7. The number of rotatable bonds is 15. The van der Waals surface area contributed by atoms with Gasteiger partial charge in [0.1, 0.15) is 11.5 Å². The van der Waals surface area contributed by atoms with Gasteiger partial charge in [-0.1, -0.05) is 139 Å². The lowest BCUT2D eigenvalue weighted by Gasteiger charge is -2.36. The molecule has 0 unspecified atom stereocenters. The summed E-state index contributed by atoms with van der Waals surface area (Å²) in [5, 5.41) is 3.29. The minimum Gasteiger partial charge on any atom is -0.466 e. The fourth-order valence-corrected chi connectivity index (χ4v) is 8.80. The molecule has 0 atom stereocenters. The number of benzene rings is 4. The predicted octanol–water partition coefficient (Wildman–Crippen LogP) is 10.4. The largest absolute Gasteiger partial charge is 0.466 e. The van der Waals surface area contributed by atoms with E-state index in [1.54, 1.807) is 0 Å². The van der Waals surface area contributed by atoms with Crippen LogP contribution in [0.5, 0.6) is 11.5 Å². The van der Waals surface area contributed by atoms with Crippen LogP contribution in [-0.2, 0) is 33.5 Å². The first-order chi connectivity index (χ1) is 22.8. The normalized spacial score (nSPS) is 12.2. The molecule has 0 saturated carbocycles. The molecule has 0 amide bonds. The van der Waals surface area contributed by atoms with Gasteiger partial charge in [-0.15, -0.1) is 0 Å². The van der Waals surface area contributed by atoms with Crippen molar-refractivity contribution in [2.45, 2.75) is 79.4 Å². The van der Waals surface area contributed by atoms with E-state index in [1.165, 1.54) is 0 Å². The molecule has 0 bridgehead atoms. The minimum absolute atomic E-state index is 0.0908. The molecule has 0 N–H and O–H groups in total. The Balaban J connectivity index is 1.83. The highest BCUT2D eigenvalue weighted by Gasteiger charge is 2.34. The van der Waals surface area contributed by atoms with Crippen molar-refractivity contribution < 1.29 is 18.9 Å². The van der Waals surface area contributed by atoms with E-state index in [1.807, 2.05) is 84.9 Å². The molecular weight excluding hydrogens is 660 g/mol. The molecule has 0 aliphatic rings. The Morgan fingerprint density at radius 1 is 0.583 bits per heavy atom. The maximum Gasteiger partial charge on any atom is 0.189 e. The van der Waals surface area contributed by atoms with E-state index in [4.69, 9.17) is 42.1 Å². The number of hydrogen-bond donors (Lipinski definition) is 0. The summed E-state index contributed by atoms with van der Waals surface area (Å²) < 4.78 is 27.8. The van der Waals surface area contributed by atoms with E-state index >= 15 is 0 Å². The quantitative estimate of drug-likeness (QED) is 0.0698. The fraction of sp³-hybridized carbons (Fsp3) is 0.400. The summed E-state index contributed by atoms with van der Waals surface area (Å²) >= 11 is 13.9. The summed E-state index contributed by atoms with van der Waals surface area (Å²) in [6.07, 6.45) is 0. The van der Waals surface area contributed by atoms with Crippen LogP contribution in [0.15, 0.2) is 84.9 Å². The third-order valence-electron chi connectivity index (χ3n) is 7.95. The van der Waals surface area contributed by atoms with Gasteiger partial charge in [0.05, 0.1) is 13.2 Å². The molecule has 0 saturated heterocycles. The van der Waals surface area contributed by atoms with Gasteiger partial charge in [-0.2, -0.15) is 0 Å². The lowest BCUT2D eigenvalue weighted by molar-refractivity contribution is 0.00471. The van der Waals surface area contributed by atoms with Gasteiger partial charge < -0.3 is 18.9 Å². The SMILES string of the molecule is CCN(CC)P(c1cc(Cl)cc(C(C)(C)C)c1OCOCc1ccccc1)c1cc(Cl)cc(C(C)(C)C)c1OCOCc1ccccc1. The Bertz CT molecular complexity index is 1490. The zero-order valence-corrected chi connectivity index (χ0v) is 32.0. The zero-order valence-electron chi connectivity index (χ0n) is 29.6. The topological polar surface area (TPSA) is 40.2 Å². The van der Waals surface area contributed by atoms with E-state index < -0.39 is 8.07 Å². The molecule has 0 spiro atoms. The van der Waals surface area contributed by atoms with Crippen LogP contribution in [0.4, 0.5) is 0 Å². The minimum atomic E-state index is -1.24. The molecule has 0 heterocycles. The molecule has 0 aliphatic heterocycles. The molecule has 5 nitrogen and oxygen atoms in total. The highest BCUT2D eigenvalue weighted by atomic mass is 35.5. The maximum absolute atomic E-state index is 6.96. The van der Waals surface area contributed by atoms with Crippen LogP contribution < -0.4 is 20.1 Å².